The Hall–Kier alpha value is -1.59. The van der Waals surface area contributed by atoms with Crippen molar-refractivity contribution in [3.8, 4) is 0 Å². The molecule has 0 spiro atoms. The normalized spacial score (nSPS) is 34.8. The van der Waals surface area contributed by atoms with Gasteiger partial charge in [-0.05, 0) is 58.4 Å². The highest BCUT2D eigenvalue weighted by Crippen LogP contribution is 2.49. The summed E-state index contributed by atoms with van der Waals surface area (Å²) in [5.41, 5.74) is -1.56. The lowest BCUT2D eigenvalue weighted by molar-refractivity contribution is -0.182. The highest BCUT2D eigenvalue weighted by molar-refractivity contribution is 6.30. The van der Waals surface area contributed by atoms with Gasteiger partial charge in [0, 0.05) is 10.7 Å². The Morgan fingerprint density at radius 2 is 1.87 bits per heavy atom. The van der Waals surface area contributed by atoms with Crippen molar-refractivity contribution >= 4 is 29.2 Å². The molecular formula is C17H21ClN2O3. The second-order valence-electron chi connectivity index (χ2n) is 7.31. The maximum Gasteiger partial charge on any atom is 0.326 e. The average molecular weight is 337 g/mol. The Kier molecular flexibility index (Phi) is 3.50. The van der Waals surface area contributed by atoms with Crippen molar-refractivity contribution in [1.29, 1.82) is 0 Å². The van der Waals surface area contributed by atoms with Gasteiger partial charge in [0.2, 0.25) is 5.91 Å². The molecule has 2 aliphatic heterocycles. The van der Waals surface area contributed by atoms with Gasteiger partial charge in [-0.25, -0.2) is 0 Å². The first-order valence-corrected chi connectivity index (χ1v) is 8.04. The number of carbonyl (C=O) groups is 2. The van der Waals surface area contributed by atoms with Crippen molar-refractivity contribution in [2.75, 3.05) is 5.32 Å². The minimum Gasteiger partial charge on any atom is -0.456 e. The van der Waals surface area contributed by atoms with Crippen LogP contribution < -0.4 is 10.6 Å². The number of rotatable bonds is 2. The molecule has 2 aliphatic rings. The molecule has 1 amide bonds. The molecule has 3 rings (SSSR count). The van der Waals surface area contributed by atoms with Crippen LogP contribution in [-0.4, -0.2) is 28.6 Å². The quantitative estimate of drug-likeness (QED) is 0.815. The summed E-state index contributed by atoms with van der Waals surface area (Å²) in [5, 5.41) is 6.88. The number of nitrogens with one attached hydrogen (secondary N) is 2. The molecule has 2 bridgehead atoms. The predicted molar refractivity (Wildman–Crippen MR) is 88.3 cm³/mol. The Morgan fingerprint density at radius 3 is 2.48 bits per heavy atom. The monoisotopic (exact) mass is 336 g/mol. The van der Waals surface area contributed by atoms with Crippen molar-refractivity contribution in [3.05, 3.63) is 29.3 Å². The second-order valence-corrected chi connectivity index (χ2v) is 7.75. The molecule has 0 unspecified atom stereocenters. The number of carbonyl (C=O) groups excluding carboxylic acids is 2. The van der Waals surface area contributed by atoms with E-state index in [4.69, 9.17) is 16.3 Å². The third-order valence-electron chi connectivity index (χ3n) is 5.32. The Labute approximate surface area is 140 Å². The van der Waals surface area contributed by atoms with Crippen LogP contribution in [0.15, 0.2) is 24.3 Å². The molecule has 23 heavy (non-hydrogen) atoms. The summed E-state index contributed by atoms with van der Waals surface area (Å²) >= 11 is 5.87. The first-order chi connectivity index (χ1) is 10.6. The van der Waals surface area contributed by atoms with Gasteiger partial charge in [-0.1, -0.05) is 11.6 Å². The van der Waals surface area contributed by atoms with Crippen LogP contribution in [0.4, 0.5) is 5.69 Å². The van der Waals surface area contributed by atoms with Crippen LogP contribution in [0.3, 0.4) is 0 Å². The fourth-order valence-corrected chi connectivity index (χ4v) is 3.72. The van der Waals surface area contributed by atoms with E-state index in [9.17, 15) is 9.59 Å². The number of amides is 1. The predicted octanol–water partition coefficient (Wildman–Crippen LogP) is 2.74. The number of hydrogen-bond acceptors (Lipinski definition) is 4. The fraction of sp³-hybridized carbons (Fsp3) is 0.529. The smallest absolute Gasteiger partial charge is 0.326 e. The lowest BCUT2D eigenvalue weighted by Crippen LogP contribution is -2.70. The number of benzene rings is 1. The van der Waals surface area contributed by atoms with Crippen LogP contribution in [0.25, 0.3) is 0 Å². The van der Waals surface area contributed by atoms with Gasteiger partial charge in [0.05, 0.1) is 11.5 Å². The summed E-state index contributed by atoms with van der Waals surface area (Å²) in [4.78, 5) is 25.1. The molecule has 1 aromatic rings. The van der Waals surface area contributed by atoms with E-state index in [-0.39, 0.29) is 17.8 Å². The van der Waals surface area contributed by atoms with Gasteiger partial charge in [0.1, 0.15) is 11.1 Å². The lowest BCUT2D eigenvalue weighted by atomic mass is 9.74. The number of anilines is 1. The highest BCUT2D eigenvalue weighted by atomic mass is 35.5. The second kappa shape index (κ2) is 4.95. The average Bonchev–Trinajstić information content (AvgIpc) is 2.72. The number of fused-ring (bicyclic) bond motifs is 2. The van der Waals surface area contributed by atoms with E-state index in [0.717, 1.165) is 0 Å². The summed E-state index contributed by atoms with van der Waals surface area (Å²) < 4.78 is 5.61. The summed E-state index contributed by atoms with van der Waals surface area (Å²) in [7, 11) is 0. The van der Waals surface area contributed by atoms with Crippen LogP contribution in [-0.2, 0) is 14.3 Å². The van der Waals surface area contributed by atoms with Crippen LogP contribution >= 0.6 is 11.6 Å². The molecule has 0 aliphatic carbocycles. The molecule has 5 nitrogen and oxygen atoms in total. The van der Waals surface area contributed by atoms with Crippen LogP contribution in [0.5, 0.6) is 0 Å². The largest absolute Gasteiger partial charge is 0.456 e. The first kappa shape index (κ1) is 16.3. The van der Waals surface area contributed by atoms with Gasteiger partial charge in [-0.2, -0.15) is 0 Å². The third kappa shape index (κ3) is 2.42. The van der Waals surface area contributed by atoms with Crippen molar-refractivity contribution in [1.82, 2.24) is 5.32 Å². The number of esters is 1. The fourth-order valence-electron chi connectivity index (χ4n) is 3.60. The van der Waals surface area contributed by atoms with Gasteiger partial charge in [-0.3, -0.25) is 14.9 Å². The zero-order chi connectivity index (χ0) is 17.0. The molecule has 0 aromatic heterocycles. The minimum atomic E-state index is -0.827. The minimum absolute atomic E-state index is 0.127. The SMILES string of the molecule is CC1(C)OC(=O)[C@]2(C)C[C@@H](C(=O)Nc3ccc(Cl)cc3)[C@@]1(C)N2. The maximum absolute atomic E-state index is 12.8. The van der Waals surface area contributed by atoms with E-state index in [1.807, 2.05) is 20.8 Å². The molecule has 3 atom stereocenters. The number of morpholine rings is 1. The van der Waals surface area contributed by atoms with E-state index < -0.39 is 16.7 Å². The van der Waals surface area contributed by atoms with E-state index in [1.165, 1.54) is 0 Å². The molecule has 124 valence electrons. The summed E-state index contributed by atoms with van der Waals surface area (Å²) in [6.45, 7) is 7.41. The number of cyclic esters (lactones) is 1. The van der Waals surface area contributed by atoms with Crippen LogP contribution in [0.1, 0.15) is 34.1 Å². The molecule has 2 heterocycles. The lowest BCUT2D eigenvalue weighted by Gasteiger charge is -2.48. The zero-order valence-electron chi connectivity index (χ0n) is 13.7. The van der Waals surface area contributed by atoms with Crippen molar-refractivity contribution in [2.45, 2.75) is 50.8 Å². The Balaban J connectivity index is 1.88. The molecular weight excluding hydrogens is 316 g/mol. The van der Waals surface area contributed by atoms with Gasteiger partial charge in [-0.15, -0.1) is 0 Å². The number of hydrogen-bond donors (Lipinski definition) is 2. The molecule has 2 N–H and O–H groups in total. The van der Waals surface area contributed by atoms with Crippen molar-refractivity contribution in [3.63, 3.8) is 0 Å². The summed E-state index contributed by atoms with van der Waals surface area (Å²) in [5.74, 6) is -0.816. The third-order valence-corrected chi connectivity index (χ3v) is 5.57. The standard InChI is InChI=1S/C17H21ClN2O3/c1-15(2)17(4)12(9-16(3,20-17)14(22)23-15)13(21)19-11-7-5-10(18)6-8-11/h5-8,12,20H,9H2,1-4H3,(H,19,21)/t12-,16-,17+/m0/s1. The van der Waals surface area contributed by atoms with E-state index in [1.54, 1.807) is 31.2 Å². The highest BCUT2D eigenvalue weighted by Gasteiger charge is 2.67. The van der Waals surface area contributed by atoms with Crippen molar-refractivity contribution < 1.29 is 14.3 Å². The van der Waals surface area contributed by atoms with Crippen LogP contribution in [0, 0.1) is 5.92 Å². The number of ether oxygens (including phenoxy) is 1. The Morgan fingerprint density at radius 1 is 1.26 bits per heavy atom. The molecule has 2 saturated heterocycles. The van der Waals surface area contributed by atoms with E-state index in [2.05, 4.69) is 10.6 Å². The molecule has 1 aromatic carbocycles. The molecule has 2 fully saturated rings. The van der Waals surface area contributed by atoms with Crippen LogP contribution in [0.2, 0.25) is 5.02 Å². The van der Waals surface area contributed by atoms with Gasteiger partial charge < -0.3 is 10.1 Å². The Bertz CT molecular complexity index is 673. The molecule has 6 heteroatoms. The summed E-state index contributed by atoms with van der Waals surface area (Å²) in [6.07, 6.45) is 0.408. The zero-order valence-corrected chi connectivity index (χ0v) is 14.5. The summed E-state index contributed by atoms with van der Waals surface area (Å²) in [6, 6.07) is 6.96. The van der Waals surface area contributed by atoms with Gasteiger partial charge in [0.25, 0.3) is 0 Å². The van der Waals surface area contributed by atoms with E-state index >= 15 is 0 Å². The maximum atomic E-state index is 12.8. The van der Waals surface area contributed by atoms with E-state index in [0.29, 0.717) is 17.1 Å². The van der Waals surface area contributed by atoms with Gasteiger partial charge >= 0.3 is 5.97 Å². The first-order valence-electron chi connectivity index (χ1n) is 7.67. The van der Waals surface area contributed by atoms with Gasteiger partial charge in [0.15, 0.2) is 0 Å². The van der Waals surface area contributed by atoms with Crippen molar-refractivity contribution in [2.24, 2.45) is 5.92 Å². The molecule has 0 radical (unpaired) electrons. The molecule has 0 saturated carbocycles. The topological polar surface area (TPSA) is 67.4 Å². The number of halogens is 1.